The molecule has 1 atom stereocenters. The van der Waals surface area contributed by atoms with E-state index in [1.807, 2.05) is 30.3 Å². The predicted molar refractivity (Wildman–Crippen MR) is 57.6 cm³/mol. The highest BCUT2D eigenvalue weighted by molar-refractivity contribution is 5.89. The lowest BCUT2D eigenvalue weighted by molar-refractivity contribution is 0.0928. The first-order chi connectivity index (χ1) is 7.34. The Kier molecular flexibility index (Phi) is 3.19. The lowest BCUT2D eigenvalue weighted by Gasteiger charge is -2.12. The van der Waals surface area contributed by atoms with Crippen LogP contribution in [0.4, 0.5) is 10.5 Å². The molecule has 80 valence electrons. The number of carbonyl (C=O) groups is 1. The van der Waals surface area contributed by atoms with Crippen LogP contribution in [0.3, 0.4) is 0 Å². The summed E-state index contributed by atoms with van der Waals surface area (Å²) in [7, 11) is 0. The fourth-order valence-corrected chi connectivity index (χ4v) is 1.53. The quantitative estimate of drug-likeness (QED) is 0.777. The molecule has 1 aliphatic heterocycles. The molecular weight excluding hydrogens is 192 g/mol. The maximum absolute atomic E-state index is 11.5. The van der Waals surface area contributed by atoms with Crippen molar-refractivity contribution in [2.45, 2.75) is 19.1 Å². The van der Waals surface area contributed by atoms with E-state index in [0.29, 0.717) is 0 Å². The Balaban J connectivity index is 1.82. The molecule has 0 aromatic heterocycles. The normalized spacial score (nSPS) is 19.9. The number of carbonyl (C=O) groups excluding carboxylic acids is 1. The second-order valence-corrected chi connectivity index (χ2v) is 3.47. The molecule has 1 unspecified atom stereocenters. The van der Waals surface area contributed by atoms with Gasteiger partial charge in [-0.2, -0.15) is 0 Å². The third-order valence-corrected chi connectivity index (χ3v) is 2.25. The van der Waals surface area contributed by atoms with E-state index in [1.54, 1.807) is 0 Å². The molecule has 4 heteroatoms. The monoisotopic (exact) mass is 206 g/mol. The standard InChI is InChI=1S/C11H14N2O2/c14-11(13-10-7-4-8-15-10)12-9-5-2-1-3-6-9/h1-3,5-6,10H,4,7-8H2,(H2,12,13,14). The summed E-state index contributed by atoms with van der Waals surface area (Å²) in [5, 5.41) is 5.49. The van der Waals surface area contributed by atoms with E-state index in [9.17, 15) is 4.79 Å². The van der Waals surface area contributed by atoms with Gasteiger partial charge in [0.05, 0.1) is 0 Å². The SMILES string of the molecule is O=C(Nc1ccccc1)NC1CCCO1. The molecule has 0 radical (unpaired) electrons. The molecule has 0 spiro atoms. The molecule has 0 saturated carbocycles. The highest BCUT2D eigenvalue weighted by Gasteiger charge is 2.17. The van der Waals surface area contributed by atoms with Gasteiger partial charge in [0.25, 0.3) is 0 Å². The van der Waals surface area contributed by atoms with Crippen molar-refractivity contribution in [1.82, 2.24) is 5.32 Å². The fraction of sp³-hybridized carbons (Fsp3) is 0.364. The molecule has 1 fully saturated rings. The van der Waals surface area contributed by atoms with Crippen LogP contribution in [0.2, 0.25) is 0 Å². The first-order valence-corrected chi connectivity index (χ1v) is 5.09. The third kappa shape index (κ3) is 2.95. The van der Waals surface area contributed by atoms with E-state index in [2.05, 4.69) is 10.6 Å². The predicted octanol–water partition coefficient (Wildman–Crippen LogP) is 1.94. The number of rotatable bonds is 2. The van der Waals surface area contributed by atoms with Crippen LogP contribution in [-0.4, -0.2) is 18.9 Å². The number of urea groups is 1. The van der Waals surface area contributed by atoms with Crippen molar-refractivity contribution in [3.63, 3.8) is 0 Å². The summed E-state index contributed by atoms with van der Waals surface area (Å²) in [6.45, 7) is 0.732. The van der Waals surface area contributed by atoms with E-state index in [-0.39, 0.29) is 12.3 Å². The maximum Gasteiger partial charge on any atom is 0.321 e. The Labute approximate surface area is 88.6 Å². The van der Waals surface area contributed by atoms with Crippen LogP contribution in [0, 0.1) is 0 Å². The van der Waals surface area contributed by atoms with Crippen LogP contribution in [0.25, 0.3) is 0 Å². The summed E-state index contributed by atoms with van der Waals surface area (Å²) >= 11 is 0. The molecule has 1 aromatic rings. The topological polar surface area (TPSA) is 50.4 Å². The van der Waals surface area contributed by atoms with Gasteiger partial charge < -0.3 is 15.4 Å². The van der Waals surface area contributed by atoms with Crippen molar-refractivity contribution in [3.05, 3.63) is 30.3 Å². The summed E-state index contributed by atoms with van der Waals surface area (Å²) in [6, 6.07) is 9.13. The summed E-state index contributed by atoms with van der Waals surface area (Å²) in [6.07, 6.45) is 1.77. The van der Waals surface area contributed by atoms with Gasteiger partial charge in [0, 0.05) is 12.3 Å². The minimum Gasteiger partial charge on any atom is -0.358 e. The maximum atomic E-state index is 11.5. The van der Waals surface area contributed by atoms with Gasteiger partial charge in [-0.25, -0.2) is 4.79 Å². The lowest BCUT2D eigenvalue weighted by atomic mass is 10.3. The minimum absolute atomic E-state index is 0.131. The Hall–Kier alpha value is -1.55. The van der Waals surface area contributed by atoms with Crippen molar-refractivity contribution in [2.24, 2.45) is 0 Å². The van der Waals surface area contributed by atoms with Crippen LogP contribution < -0.4 is 10.6 Å². The second kappa shape index (κ2) is 4.79. The molecule has 0 aliphatic carbocycles. The number of ether oxygens (including phenoxy) is 1. The van der Waals surface area contributed by atoms with E-state index < -0.39 is 0 Å². The average molecular weight is 206 g/mol. The molecule has 2 N–H and O–H groups in total. The molecule has 15 heavy (non-hydrogen) atoms. The molecule has 4 nitrogen and oxygen atoms in total. The van der Waals surface area contributed by atoms with Gasteiger partial charge in [-0.15, -0.1) is 0 Å². The third-order valence-electron chi connectivity index (χ3n) is 2.25. The number of anilines is 1. The zero-order valence-corrected chi connectivity index (χ0v) is 8.40. The summed E-state index contributed by atoms with van der Waals surface area (Å²) < 4.78 is 5.29. The first-order valence-electron chi connectivity index (χ1n) is 5.09. The van der Waals surface area contributed by atoms with Crippen molar-refractivity contribution < 1.29 is 9.53 Å². The van der Waals surface area contributed by atoms with Gasteiger partial charge in [-0.05, 0) is 25.0 Å². The van der Waals surface area contributed by atoms with Gasteiger partial charge in [-0.3, -0.25) is 0 Å². The van der Waals surface area contributed by atoms with Gasteiger partial charge in [-0.1, -0.05) is 18.2 Å². The molecule has 1 saturated heterocycles. The van der Waals surface area contributed by atoms with Gasteiger partial charge in [0.15, 0.2) is 0 Å². The first kappa shape index (κ1) is 9.98. The molecule has 1 aliphatic rings. The molecule has 2 amide bonds. The molecule has 2 rings (SSSR count). The Bertz CT molecular complexity index is 321. The van der Waals surface area contributed by atoms with Crippen molar-refractivity contribution >= 4 is 11.7 Å². The van der Waals surface area contributed by atoms with Crippen LogP contribution in [0.1, 0.15) is 12.8 Å². The van der Waals surface area contributed by atoms with Crippen molar-refractivity contribution in [3.8, 4) is 0 Å². The Morgan fingerprint density at radius 1 is 1.33 bits per heavy atom. The summed E-state index contributed by atoms with van der Waals surface area (Å²) in [5.74, 6) is 0. The highest BCUT2D eigenvalue weighted by Crippen LogP contribution is 2.09. The van der Waals surface area contributed by atoms with Crippen molar-refractivity contribution in [1.29, 1.82) is 0 Å². The summed E-state index contributed by atoms with van der Waals surface area (Å²) in [4.78, 5) is 11.5. The molecular formula is C11H14N2O2. The van der Waals surface area contributed by atoms with E-state index in [0.717, 1.165) is 25.1 Å². The number of hydrogen-bond acceptors (Lipinski definition) is 2. The van der Waals surface area contributed by atoms with E-state index >= 15 is 0 Å². The zero-order chi connectivity index (χ0) is 10.5. The molecule has 1 heterocycles. The van der Waals surface area contributed by atoms with Gasteiger partial charge in [0.1, 0.15) is 6.23 Å². The Morgan fingerprint density at radius 2 is 2.13 bits per heavy atom. The van der Waals surface area contributed by atoms with Crippen LogP contribution in [0.15, 0.2) is 30.3 Å². The lowest BCUT2D eigenvalue weighted by Crippen LogP contribution is -2.37. The van der Waals surface area contributed by atoms with Gasteiger partial charge >= 0.3 is 6.03 Å². The van der Waals surface area contributed by atoms with Gasteiger partial charge in [0.2, 0.25) is 0 Å². The Morgan fingerprint density at radius 3 is 2.80 bits per heavy atom. The smallest absolute Gasteiger partial charge is 0.321 e. The fourth-order valence-electron chi connectivity index (χ4n) is 1.53. The largest absolute Gasteiger partial charge is 0.358 e. The van der Waals surface area contributed by atoms with E-state index in [4.69, 9.17) is 4.74 Å². The number of benzene rings is 1. The van der Waals surface area contributed by atoms with Crippen LogP contribution in [-0.2, 0) is 4.74 Å². The van der Waals surface area contributed by atoms with Crippen molar-refractivity contribution in [2.75, 3.05) is 11.9 Å². The second-order valence-electron chi connectivity index (χ2n) is 3.47. The number of para-hydroxylation sites is 1. The summed E-state index contributed by atoms with van der Waals surface area (Å²) in [5.41, 5.74) is 0.785. The van der Waals surface area contributed by atoms with Crippen LogP contribution >= 0.6 is 0 Å². The highest BCUT2D eigenvalue weighted by atomic mass is 16.5. The molecule has 1 aromatic carbocycles. The van der Waals surface area contributed by atoms with Crippen LogP contribution in [0.5, 0.6) is 0 Å². The average Bonchev–Trinajstić information content (AvgIpc) is 2.71. The molecule has 0 bridgehead atoms. The van der Waals surface area contributed by atoms with E-state index in [1.165, 1.54) is 0 Å². The number of nitrogens with one attached hydrogen (secondary N) is 2. The number of amides is 2. The number of hydrogen-bond donors (Lipinski definition) is 2. The minimum atomic E-state index is -0.215. The zero-order valence-electron chi connectivity index (χ0n) is 8.40.